The van der Waals surface area contributed by atoms with Crippen LogP contribution < -0.4 is 5.43 Å². The second-order valence-electron chi connectivity index (χ2n) is 2.17. The molecule has 0 bridgehead atoms. The number of aromatic amines is 1. The van der Waals surface area contributed by atoms with E-state index in [4.69, 9.17) is 5.26 Å². The van der Waals surface area contributed by atoms with Gasteiger partial charge < -0.3 is 4.98 Å². The predicted octanol–water partition coefficient (Wildman–Crippen LogP) is 1.79. The molecule has 1 aromatic heterocycles. The van der Waals surface area contributed by atoms with Crippen LogP contribution in [0, 0.1) is 14.9 Å². The smallest absolute Gasteiger partial charge is 0.270 e. The van der Waals surface area contributed by atoms with Crippen LogP contribution in [-0.2, 0) is 0 Å². The van der Waals surface area contributed by atoms with E-state index in [9.17, 15) is 13.6 Å². The first-order valence-corrected chi connectivity index (χ1v) is 4.25. The van der Waals surface area contributed by atoms with Gasteiger partial charge in [-0.3, -0.25) is 4.79 Å². The zero-order valence-electron chi connectivity index (χ0n) is 6.14. The molecule has 0 spiro atoms. The molecule has 6 heteroatoms. The Morgan fingerprint density at radius 3 is 2.69 bits per heavy atom. The van der Waals surface area contributed by atoms with Crippen molar-refractivity contribution in [3.63, 3.8) is 0 Å². The summed E-state index contributed by atoms with van der Waals surface area (Å²) in [6, 6.07) is 1.51. The number of nitriles is 1. The van der Waals surface area contributed by atoms with Crippen LogP contribution in [0.15, 0.2) is 11.0 Å². The maximum atomic E-state index is 12.3. The summed E-state index contributed by atoms with van der Waals surface area (Å²) in [6.45, 7) is 0. The highest BCUT2D eigenvalue weighted by molar-refractivity contribution is 14.1. The Labute approximate surface area is 85.5 Å². The lowest BCUT2D eigenvalue weighted by molar-refractivity contribution is 0.149. The second kappa shape index (κ2) is 3.83. The largest absolute Gasteiger partial charge is 0.351 e. The summed E-state index contributed by atoms with van der Waals surface area (Å²) in [4.78, 5) is 13.5. The molecule has 0 amide bonds. The topological polar surface area (TPSA) is 56.6 Å². The van der Waals surface area contributed by atoms with E-state index >= 15 is 0 Å². The Morgan fingerprint density at radius 2 is 2.23 bits per heavy atom. The molecule has 1 N–H and O–H groups in total. The fourth-order valence-electron chi connectivity index (χ4n) is 0.822. The lowest BCUT2D eigenvalue weighted by Gasteiger charge is -2.01. The molecular weight excluding hydrogens is 293 g/mol. The Balaban J connectivity index is 3.53. The van der Waals surface area contributed by atoms with Crippen LogP contribution in [0.5, 0.6) is 0 Å². The zero-order valence-corrected chi connectivity index (χ0v) is 8.30. The molecule has 68 valence electrons. The molecule has 0 fully saturated rings. The highest BCUT2D eigenvalue weighted by atomic mass is 127. The van der Waals surface area contributed by atoms with E-state index in [1.54, 1.807) is 22.6 Å². The SMILES string of the molecule is N#Cc1[nH]cc(I)c(=O)c1C(F)F. The Morgan fingerprint density at radius 1 is 1.62 bits per heavy atom. The van der Waals surface area contributed by atoms with Gasteiger partial charge in [-0.05, 0) is 22.6 Å². The highest BCUT2D eigenvalue weighted by Gasteiger charge is 2.19. The van der Waals surface area contributed by atoms with E-state index in [0.717, 1.165) is 0 Å². The number of hydrogen-bond acceptors (Lipinski definition) is 2. The summed E-state index contributed by atoms with van der Waals surface area (Å²) in [5.41, 5.74) is -1.92. The van der Waals surface area contributed by atoms with Gasteiger partial charge in [0.05, 0.1) is 3.57 Å². The number of nitrogens with one attached hydrogen (secondary N) is 1. The molecule has 0 saturated heterocycles. The first-order chi connectivity index (χ1) is 6.07. The summed E-state index contributed by atoms with van der Waals surface area (Å²) >= 11 is 1.63. The molecule has 0 aliphatic heterocycles. The molecule has 0 unspecified atom stereocenters. The van der Waals surface area contributed by atoms with Crippen molar-refractivity contribution in [1.29, 1.82) is 5.26 Å². The van der Waals surface area contributed by atoms with Gasteiger partial charge in [-0.2, -0.15) is 5.26 Å². The molecule has 0 saturated carbocycles. The van der Waals surface area contributed by atoms with E-state index in [1.165, 1.54) is 12.3 Å². The monoisotopic (exact) mass is 296 g/mol. The van der Waals surface area contributed by atoms with Gasteiger partial charge in [0, 0.05) is 6.20 Å². The standard InChI is InChI=1S/C7H3F2IN2O/c8-7(9)5-4(1-11)12-2-3(10)6(5)13/h2,7H,(H,12,13). The Bertz CT molecular complexity index is 421. The van der Waals surface area contributed by atoms with Gasteiger partial charge in [-0.25, -0.2) is 8.78 Å². The van der Waals surface area contributed by atoms with Gasteiger partial charge in [0.15, 0.2) is 0 Å². The Kier molecular flexibility index (Phi) is 2.98. The first kappa shape index (κ1) is 10.1. The molecule has 3 nitrogen and oxygen atoms in total. The van der Waals surface area contributed by atoms with E-state index in [0.29, 0.717) is 0 Å². The minimum absolute atomic E-state index is 0.145. The fraction of sp³-hybridized carbons (Fsp3) is 0.143. The van der Waals surface area contributed by atoms with Crippen LogP contribution in [0.3, 0.4) is 0 Å². The minimum atomic E-state index is -2.92. The van der Waals surface area contributed by atoms with Crippen molar-refractivity contribution in [2.75, 3.05) is 0 Å². The van der Waals surface area contributed by atoms with E-state index < -0.39 is 17.4 Å². The molecule has 0 aromatic carbocycles. The molecule has 0 radical (unpaired) electrons. The van der Waals surface area contributed by atoms with Crippen LogP contribution in [0.4, 0.5) is 8.78 Å². The fourth-order valence-corrected chi connectivity index (χ4v) is 1.27. The van der Waals surface area contributed by atoms with Crippen molar-refractivity contribution >= 4 is 22.6 Å². The summed E-state index contributed by atoms with van der Waals surface area (Å²) in [5, 5.41) is 8.43. The van der Waals surface area contributed by atoms with Gasteiger partial charge in [0.2, 0.25) is 5.43 Å². The third-order valence-electron chi connectivity index (χ3n) is 1.40. The third kappa shape index (κ3) is 1.85. The molecular formula is C7H3F2IN2O. The van der Waals surface area contributed by atoms with Gasteiger partial charge >= 0.3 is 0 Å². The van der Waals surface area contributed by atoms with Gasteiger partial charge in [-0.1, -0.05) is 0 Å². The number of pyridine rings is 1. The van der Waals surface area contributed by atoms with Crippen LogP contribution in [0.2, 0.25) is 0 Å². The zero-order chi connectivity index (χ0) is 10.0. The number of rotatable bonds is 1. The molecule has 1 rings (SSSR count). The molecule has 13 heavy (non-hydrogen) atoms. The first-order valence-electron chi connectivity index (χ1n) is 3.17. The van der Waals surface area contributed by atoms with Crippen molar-refractivity contribution in [3.05, 3.63) is 31.2 Å². The number of H-pyrrole nitrogens is 1. The van der Waals surface area contributed by atoms with E-state index in [-0.39, 0.29) is 9.26 Å². The average molecular weight is 296 g/mol. The predicted molar refractivity (Wildman–Crippen MR) is 49.5 cm³/mol. The number of hydrogen-bond donors (Lipinski definition) is 1. The van der Waals surface area contributed by atoms with Crippen LogP contribution in [-0.4, -0.2) is 4.98 Å². The number of halogens is 3. The van der Waals surface area contributed by atoms with Gasteiger partial charge in [-0.15, -0.1) is 0 Å². The quantitative estimate of drug-likeness (QED) is 0.803. The average Bonchev–Trinajstić information content (AvgIpc) is 2.08. The summed E-state index contributed by atoms with van der Waals surface area (Å²) in [5.74, 6) is 0. The van der Waals surface area contributed by atoms with Crippen LogP contribution >= 0.6 is 22.6 Å². The summed E-state index contributed by atoms with van der Waals surface area (Å²) in [7, 11) is 0. The van der Waals surface area contributed by atoms with Crippen LogP contribution in [0.25, 0.3) is 0 Å². The maximum Gasteiger partial charge on any atom is 0.270 e. The maximum absolute atomic E-state index is 12.3. The van der Waals surface area contributed by atoms with E-state index in [2.05, 4.69) is 4.98 Å². The summed E-state index contributed by atoms with van der Waals surface area (Å²) < 4.78 is 24.7. The Hall–Kier alpha value is -0.970. The number of alkyl halides is 2. The van der Waals surface area contributed by atoms with Crippen molar-refractivity contribution < 1.29 is 8.78 Å². The van der Waals surface area contributed by atoms with Gasteiger partial charge in [0.25, 0.3) is 6.43 Å². The second-order valence-corrected chi connectivity index (χ2v) is 3.33. The normalized spacial score (nSPS) is 10.1. The molecule has 0 atom stereocenters. The number of aromatic nitrogens is 1. The van der Waals surface area contributed by atoms with Gasteiger partial charge in [0.1, 0.15) is 17.3 Å². The van der Waals surface area contributed by atoms with Crippen molar-refractivity contribution in [2.45, 2.75) is 6.43 Å². The van der Waals surface area contributed by atoms with Crippen molar-refractivity contribution in [1.82, 2.24) is 4.98 Å². The van der Waals surface area contributed by atoms with Crippen LogP contribution in [0.1, 0.15) is 17.7 Å². The minimum Gasteiger partial charge on any atom is -0.351 e. The molecule has 1 aromatic rings. The molecule has 0 aliphatic carbocycles. The molecule has 1 heterocycles. The van der Waals surface area contributed by atoms with Crippen molar-refractivity contribution in [3.8, 4) is 6.07 Å². The molecule has 0 aliphatic rings. The third-order valence-corrected chi connectivity index (χ3v) is 2.21. The van der Waals surface area contributed by atoms with Crippen molar-refractivity contribution in [2.24, 2.45) is 0 Å². The lowest BCUT2D eigenvalue weighted by Crippen LogP contribution is -2.15. The highest BCUT2D eigenvalue weighted by Crippen LogP contribution is 2.18. The van der Waals surface area contributed by atoms with E-state index in [1.807, 2.05) is 0 Å². The lowest BCUT2D eigenvalue weighted by atomic mass is 10.2. The summed E-state index contributed by atoms with van der Waals surface area (Å²) in [6.07, 6.45) is -1.69. The number of nitrogens with zero attached hydrogens (tertiary/aromatic N) is 1.